The van der Waals surface area contributed by atoms with Crippen LogP contribution in [0, 0.1) is 0 Å². The van der Waals surface area contributed by atoms with Gasteiger partial charge in [-0.25, -0.2) is 37.5 Å². The second-order valence-electron chi connectivity index (χ2n) is 10.1. The van der Waals surface area contributed by atoms with Crippen LogP contribution in [0.15, 0.2) is 23.8 Å². The fraction of sp³-hybridized carbons (Fsp3) is 0.500. The third-order valence-corrected chi connectivity index (χ3v) is 9.88. The molecule has 0 aliphatic carbocycles. The summed E-state index contributed by atoms with van der Waals surface area (Å²) in [5, 5.41) is 0. The number of thiol groups is 1. The molecule has 242 valence electrons. The maximum Gasteiger partial charge on any atom is 0.386 e. The van der Waals surface area contributed by atoms with E-state index in [4.69, 9.17) is 34.2 Å². The molecule has 0 aromatic carbocycles. The van der Waals surface area contributed by atoms with Gasteiger partial charge < -0.3 is 20.9 Å². The van der Waals surface area contributed by atoms with Crippen molar-refractivity contribution in [2.24, 2.45) is 0 Å². The lowest BCUT2D eigenvalue weighted by molar-refractivity contribution is -0.0456. The second kappa shape index (κ2) is 10.9. The molecule has 7 rings (SSSR count). The van der Waals surface area contributed by atoms with Crippen molar-refractivity contribution in [1.82, 2.24) is 43.8 Å². The second-order valence-corrected chi connectivity index (χ2v) is 14.3. The monoisotopic (exact) mass is 693 g/mol. The fourth-order valence-electron chi connectivity index (χ4n) is 5.27. The number of halogens is 2. The van der Waals surface area contributed by atoms with E-state index in [0.29, 0.717) is 0 Å². The Morgan fingerprint density at radius 2 is 1.69 bits per heavy atom. The van der Waals surface area contributed by atoms with Crippen LogP contribution >= 0.6 is 19.0 Å². The molecular formula is C20H22F2N11O9PS2. The van der Waals surface area contributed by atoms with Crippen molar-refractivity contribution in [1.29, 1.82) is 0 Å². The number of hydrogen-bond acceptors (Lipinski definition) is 16. The van der Waals surface area contributed by atoms with Gasteiger partial charge in [-0.05, 0) is 0 Å². The van der Waals surface area contributed by atoms with E-state index < -0.39 is 85.0 Å². The van der Waals surface area contributed by atoms with Crippen molar-refractivity contribution in [3.05, 3.63) is 29.3 Å². The van der Waals surface area contributed by atoms with Gasteiger partial charge in [-0.3, -0.25) is 28.0 Å². The molecule has 25 heteroatoms. The van der Waals surface area contributed by atoms with Crippen LogP contribution in [0.1, 0.15) is 12.5 Å². The maximum atomic E-state index is 15.9. The quantitative estimate of drug-likeness (QED) is 0.128. The largest absolute Gasteiger partial charge is 0.386 e. The van der Waals surface area contributed by atoms with E-state index in [-0.39, 0.29) is 34.1 Å². The van der Waals surface area contributed by atoms with Crippen molar-refractivity contribution in [2.75, 3.05) is 24.6 Å². The summed E-state index contributed by atoms with van der Waals surface area (Å²) in [5.41, 5.74) is 10.6. The Morgan fingerprint density at radius 1 is 0.978 bits per heavy atom. The van der Waals surface area contributed by atoms with Crippen LogP contribution in [0.4, 0.5) is 20.5 Å². The number of anilines is 2. The molecule has 4 aromatic rings. The summed E-state index contributed by atoms with van der Waals surface area (Å²) in [7, 11) is -4.84. The van der Waals surface area contributed by atoms with E-state index in [0.717, 1.165) is 17.2 Å². The predicted octanol–water partition coefficient (Wildman–Crippen LogP) is -0.732. The highest BCUT2D eigenvalue weighted by Crippen LogP contribution is 2.57. The molecule has 3 aliphatic heterocycles. The zero-order valence-corrected chi connectivity index (χ0v) is 24.9. The first-order valence-electron chi connectivity index (χ1n) is 12.9. The third-order valence-electron chi connectivity index (χ3n) is 7.27. The number of fused-ring (bicyclic) bond motifs is 5. The van der Waals surface area contributed by atoms with Crippen LogP contribution in [0.3, 0.4) is 0 Å². The summed E-state index contributed by atoms with van der Waals surface area (Å²) in [6.45, 7) is -6.01. The molecule has 0 radical (unpaired) electrons. The number of imidazole rings is 2. The minimum Gasteiger partial charge on any atom is -0.382 e. The molecule has 20 nitrogen and oxygen atoms in total. The summed E-state index contributed by atoms with van der Waals surface area (Å²) in [6, 6.07) is 0. The lowest BCUT2D eigenvalue weighted by Crippen LogP contribution is -2.43. The van der Waals surface area contributed by atoms with Crippen molar-refractivity contribution < 1.29 is 44.5 Å². The molecule has 3 saturated heterocycles. The average molecular weight is 694 g/mol. The van der Waals surface area contributed by atoms with Gasteiger partial charge in [-0.2, -0.15) is 18.1 Å². The van der Waals surface area contributed by atoms with E-state index >= 15 is 8.78 Å². The van der Waals surface area contributed by atoms with Crippen LogP contribution in [-0.4, -0.2) is 97.4 Å². The predicted molar refractivity (Wildman–Crippen MR) is 149 cm³/mol. The zero-order valence-electron chi connectivity index (χ0n) is 22.3. The number of rotatable bonds is 2. The van der Waals surface area contributed by atoms with Gasteiger partial charge in [0.2, 0.25) is 5.95 Å². The number of hydrogen-bond donors (Lipinski definition) is 5. The molecule has 2 bridgehead atoms. The summed E-state index contributed by atoms with van der Waals surface area (Å²) in [5.74, 6) is -0.290. The molecule has 0 unspecified atom stereocenters. The Labute approximate surface area is 254 Å². The van der Waals surface area contributed by atoms with Crippen LogP contribution in [0.2, 0.25) is 0 Å². The van der Waals surface area contributed by atoms with Gasteiger partial charge >= 0.3 is 17.1 Å². The zero-order chi connectivity index (χ0) is 31.8. The topological polar surface area (TPSA) is 269 Å². The Balaban J connectivity index is 1.21. The number of nitrogens with one attached hydrogen (secondary N) is 2. The molecule has 3 fully saturated rings. The van der Waals surface area contributed by atoms with Crippen molar-refractivity contribution in [3.8, 4) is 0 Å². The number of aromatic nitrogens is 8. The smallest absolute Gasteiger partial charge is 0.382 e. The third kappa shape index (κ3) is 5.34. The van der Waals surface area contributed by atoms with E-state index in [1.54, 1.807) is 0 Å². The van der Waals surface area contributed by atoms with Crippen LogP contribution < -0.4 is 21.7 Å². The first kappa shape index (κ1) is 30.3. The number of aromatic amines is 1. The Hall–Kier alpha value is -3.35. The molecule has 0 amide bonds. The highest BCUT2D eigenvalue weighted by atomic mass is 32.7. The molecule has 4 aromatic heterocycles. The minimum atomic E-state index is -4.84. The number of nitrogens with two attached hydrogens (primary N) is 2. The SMILES string of the molecule is Nc1nc2c(ncn2[C@@H]2O[C@@H]3CO[P@](=O)(S)O[C@H]4[C@H](F)[C@H](n5cnc6c(N)ncnc65)O[C@@H]4CNS(=O)(=O)O[C@@H]2[C@@H]3F)c(=O)[nH]1. The van der Waals surface area contributed by atoms with Gasteiger partial charge in [0.05, 0.1) is 19.3 Å². The summed E-state index contributed by atoms with van der Waals surface area (Å²) in [4.78, 5) is 34.4. The fourth-order valence-corrected chi connectivity index (χ4v) is 7.68. The lowest BCUT2D eigenvalue weighted by atomic mass is 10.1. The van der Waals surface area contributed by atoms with E-state index in [1.807, 2.05) is 0 Å². The Kier molecular flexibility index (Phi) is 7.33. The highest BCUT2D eigenvalue weighted by Gasteiger charge is 2.53. The standard InChI is InChI=1S/C20H22F2N11O9PS2/c21-8-7-2-38-43(35,44)41-12-6(39-18(9(12)22)32-4-27-10-14(23)25-3-26-15(10)32)1-29-45(36,37)42-13(8)19(40-7)33-5-28-11-16(33)30-20(24)31-17(11)34/h3-9,12-13,18-19,29H,1-2H2,(H,35,44)(H2,23,25,26)(H3,24,30,31,34)/t6-,7-,8-,9+,12-,13-,18-,19-,43+/m1/s1. The molecular weight excluding hydrogens is 671 g/mol. The number of ether oxygens (including phenoxy) is 2. The number of nitrogen functional groups attached to an aromatic ring is 2. The number of nitrogens with zero attached hydrogens (tertiary/aromatic N) is 7. The number of H-pyrrole nitrogens is 1. The van der Waals surface area contributed by atoms with Crippen molar-refractivity contribution in [3.63, 3.8) is 0 Å². The molecule has 0 saturated carbocycles. The Morgan fingerprint density at radius 3 is 2.47 bits per heavy atom. The van der Waals surface area contributed by atoms with Gasteiger partial charge in [0.1, 0.15) is 30.2 Å². The maximum absolute atomic E-state index is 15.9. The first-order valence-corrected chi connectivity index (χ1v) is 17.0. The molecule has 0 spiro atoms. The highest BCUT2D eigenvalue weighted by molar-refractivity contribution is 8.44. The van der Waals surface area contributed by atoms with E-state index in [1.165, 1.54) is 10.9 Å². The van der Waals surface area contributed by atoms with E-state index in [2.05, 4.69) is 46.9 Å². The lowest BCUT2D eigenvalue weighted by Gasteiger charge is -2.24. The van der Waals surface area contributed by atoms with Crippen molar-refractivity contribution in [2.45, 2.75) is 49.2 Å². The molecule has 9 atom stereocenters. The van der Waals surface area contributed by atoms with Gasteiger partial charge in [0, 0.05) is 6.54 Å². The average Bonchev–Trinajstić information content (AvgIpc) is 3.72. The summed E-state index contributed by atoms with van der Waals surface area (Å²) in [6.07, 6.45) is -10.8. The first-order chi connectivity index (χ1) is 21.3. The molecule has 6 N–H and O–H groups in total. The van der Waals surface area contributed by atoms with Gasteiger partial charge in [0.15, 0.2) is 53.5 Å². The molecule has 7 heterocycles. The number of alkyl halides is 2. The Bertz CT molecular complexity index is 2010. The van der Waals surface area contributed by atoms with Gasteiger partial charge in [0.25, 0.3) is 5.56 Å². The van der Waals surface area contributed by atoms with Crippen LogP contribution in [-0.2, 0) is 37.6 Å². The summed E-state index contributed by atoms with van der Waals surface area (Å²) >= 11 is 3.92. The molecule has 3 aliphatic rings. The van der Waals surface area contributed by atoms with Crippen LogP contribution in [0.25, 0.3) is 22.3 Å². The molecule has 45 heavy (non-hydrogen) atoms. The summed E-state index contributed by atoms with van der Waals surface area (Å²) < 4.78 is 103. The normalized spacial score (nSPS) is 35.5. The minimum absolute atomic E-state index is 0.0141. The van der Waals surface area contributed by atoms with Crippen molar-refractivity contribution >= 4 is 63.4 Å². The van der Waals surface area contributed by atoms with Gasteiger partial charge in [-0.15, -0.1) is 0 Å². The van der Waals surface area contributed by atoms with Crippen LogP contribution in [0.5, 0.6) is 0 Å². The van der Waals surface area contributed by atoms with Gasteiger partial charge in [-0.1, -0.05) is 12.2 Å². The van der Waals surface area contributed by atoms with E-state index in [9.17, 15) is 17.8 Å².